The number of benzene rings is 1. The number of ether oxygens (including phenoxy) is 1. The van der Waals surface area contributed by atoms with Crippen LogP contribution in [0.5, 0.6) is 0 Å². The fourth-order valence-electron chi connectivity index (χ4n) is 1.93. The van der Waals surface area contributed by atoms with Crippen molar-refractivity contribution in [1.29, 1.82) is 0 Å². The van der Waals surface area contributed by atoms with Gasteiger partial charge in [0, 0.05) is 11.3 Å². The van der Waals surface area contributed by atoms with Crippen LogP contribution in [-0.2, 0) is 4.74 Å². The van der Waals surface area contributed by atoms with Crippen LogP contribution in [0.25, 0.3) is 0 Å². The molecule has 2 rings (SSSR count). The van der Waals surface area contributed by atoms with Gasteiger partial charge in [-0.2, -0.15) is 0 Å². The van der Waals surface area contributed by atoms with Crippen molar-refractivity contribution in [3.63, 3.8) is 0 Å². The van der Waals surface area contributed by atoms with E-state index in [2.05, 4.69) is 38.8 Å². The van der Waals surface area contributed by atoms with Crippen LogP contribution in [0.3, 0.4) is 0 Å². The summed E-state index contributed by atoms with van der Waals surface area (Å²) in [7, 11) is 0. The van der Waals surface area contributed by atoms with Gasteiger partial charge in [0.1, 0.15) is 5.44 Å². The molecule has 1 heterocycles. The maximum Gasteiger partial charge on any atom is 0.128 e. The maximum atomic E-state index is 5.99. The molecule has 96 valence electrons. The van der Waals surface area contributed by atoms with Gasteiger partial charge in [-0.25, -0.2) is 0 Å². The summed E-state index contributed by atoms with van der Waals surface area (Å²) in [6.45, 7) is 7.69. The summed E-state index contributed by atoms with van der Waals surface area (Å²) in [4.78, 5) is 0. The Morgan fingerprint density at radius 3 is 2.39 bits per heavy atom. The fourth-order valence-corrected chi connectivity index (χ4v) is 3.46. The Hall–Kier alpha value is -0.910. The molecular formula is C16H20OS. The highest BCUT2D eigenvalue weighted by molar-refractivity contribution is 7.99. The van der Waals surface area contributed by atoms with E-state index in [1.54, 1.807) is 0 Å². The average Bonchev–Trinajstić information content (AvgIpc) is 2.38. The average molecular weight is 260 g/mol. The largest absolute Gasteiger partial charge is 0.362 e. The van der Waals surface area contributed by atoms with Gasteiger partial charge in [-0.3, -0.25) is 0 Å². The molecule has 0 spiro atoms. The second-order valence-corrected chi connectivity index (χ2v) is 6.92. The zero-order valence-electron chi connectivity index (χ0n) is 11.3. The summed E-state index contributed by atoms with van der Waals surface area (Å²) in [5, 5.41) is 0. The standard InChI is InChI=1S/C16H20OS/c1-5-12-6-8-13(9-7-12)15-17-10-14(11-18-15)16(2,3)4/h1,6-9,14-15H,10-11H2,2-4H3/t14-,15-/m0/s1. The quantitative estimate of drug-likeness (QED) is 0.703. The van der Waals surface area contributed by atoms with E-state index in [0.29, 0.717) is 11.3 Å². The van der Waals surface area contributed by atoms with Gasteiger partial charge in [0.05, 0.1) is 6.61 Å². The van der Waals surface area contributed by atoms with Crippen LogP contribution < -0.4 is 0 Å². The van der Waals surface area contributed by atoms with Gasteiger partial charge >= 0.3 is 0 Å². The van der Waals surface area contributed by atoms with Gasteiger partial charge < -0.3 is 4.74 Å². The minimum Gasteiger partial charge on any atom is -0.362 e. The van der Waals surface area contributed by atoms with Gasteiger partial charge in [0.15, 0.2) is 0 Å². The first kappa shape index (κ1) is 13.5. The third-order valence-corrected chi connectivity index (χ3v) is 4.78. The molecule has 0 N–H and O–H groups in total. The van der Waals surface area contributed by atoms with Crippen molar-refractivity contribution in [2.75, 3.05) is 12.4 Å². The third kappa shape index (κ3) is 3.10. The highest BCUT2D eigenvalue weighted by Crippen LogP contribution is 2.41. The lowest BCUT2D eigenvalue weighted by Gasteiger charge is -2.36. The van der Waals surface area contributed by atoms with E-state index in [9.17, 15) is 0 Å². The minimum atomic E-state index is 0.162. The van der Waals surface area contributed by atoms with Gasteiger partial charge in [0.2, 0.25) is 0 Å². The molecule has 1 aliphatic rings. The van der Waals surface area contributed by atoms with E-state index in [4.69, 9.17) is 11.2 Å². The number of rotatable bonds is 1. The molecule has 1 aliphatic heterocycles. The molecule has 0 saturated carbocycles. The molecule has 18 heavy (non-hydrogen) atoms. The van der Waals surface area contributed by atoms with E-state index in [0.717, 1.165) is 17.9 Å². The van der Waals surface area contributed by atoms with Crippen LogP contribution in [0.2, 0.25) is 0 Å². The predicted molar refractivity (Wildman–Crippen MR) is 78.5 cm³/mol. The minimum absolute atomic E-state index is 0.162. The molecule has 1 nitrogen and oxygen atoms in total. The highest BCUT2D eigenvalue weighted by atomic mass is 32.2. The Morgan fingerprint density at radius 2 is 1.94 bits per heavy atom. The maximum absolute atomic E-state index is 5.99. The van der Waals surface area contributed by atoms with Gasteiger partial charge in [-0.05, 0) is 29.0 Å². The van der Waals surface area contributed by atoms with Crippen molar-refractivity contribution in [1.82, 2.24) is 0 Å². The van der Waals surface area contributed by atoms with Crippen LogP contribution in [0.1, 0.15) is 37.3 Å². The molecule has 1 saturated heterocycles. The Kier molecular flexibility index (Phi) is 4.04. The van der Waals surface area contributed by atoms with Crippen LogP contribution in [-0.4, -0.2) is 12.4 Å². The van der Waals surface area contributed by atoms with Gasteiger partial charge in [-0.1, -0.05) is 38.8 Å². The highest BCUT2D eigenvalue weighted by Gasteiger charge is 2.31. The van der Waals surface area contributed by atoms with Gasteiger partial charge in [-0.15, -0.1) is 18.2 Å². The van der Waals surface area contributed by atoms with E-state index >= 15 is 0 Å². The molecule has 1 aromatic rings. The molecule has 2 heteroatoms. The number of hydrogen-bond acceptors (Lipinski definition) is 2. The van der Waals surface area contributed by atoms with Crippen molar-refractivity contribution in [3.8, 4) is 12.3 Å². The summed E-state index contributed by atoms with van der Waals surface area (Å²) in [5.74, 6) is 4.42. The second kappa shape index (κ2) is 5.38. The first-order chi connectivity index (χ1) is 8.50. The van der Waals surface area contributed by atoms with E-state index < -0.39 is 0 Å². The topological polar surface area (TPSA) is 9.23 Å². The Bertz CT molecular complexity index is 428. The Balaban J connectivity index is 1.99. The first-order valence-electron chi connectivity index (χ1n) is 6.30. The van der Waals surface area contributed by atoms with Crippen molar-refractivity contribution in [3.05, 3.63) is 35.4 Å². The molecule has 0 bridgehead atoms. The van der Waals surface area contributed by atoms with E-state index in [1.165, 1.54) is 5.56 Å². The lowest BCUT2D eigenvalue weighted by Crippen LogP contribution is -2.31. The summed E-state index contributed by atoms with van der Waals surface area (Å²) < 4.78 is 5.99. The smallest absolute Gasteiger partial charge is 0.128 e. The lowest BCUT2D eigenvalue weighted by atomic mass is 9.82. The molecular weight excluding hydrogens is 240 g/mol. The summed E-state index contributed by atoms with van der Waals surface area (Å²) in [6.07, 6.45) is 5.36. The van der Waals surface area contributed by atoms with Gasteiger partial charge in [0.25, 0.3) is 0 Å². The lowest BCUT2D eigenvalue weighted by molar-refractivity contribution is 0.0396. The molecule has 0 amide bonds. The van der Waals surface area contributed by atoms with Crippen molar-refractivity contribution >= 4 is 11.8 Å². The second-order valence-electron chi connectivity index (χ2n) is 5.83. The van der Waals surface area contributed by atoms with Crippen LogP contribution in [0, 0.1) is 23.7 Å². The van der Waals surface area contributed by atoms with Crippen molar-refractivity contribution in [2.24, 2.45) is 11.3 Å². The summed E-state index contributed by atoms with van der Waals surface area (Å²) >= 11 is 1.89. The van der Waals surface area contributed by atoms with Crippen LogP contribution in [0.15, 0.2) is 24.3 Å². The predicted octanol–water partition coefficient (Wildman–Crippen LogP) is 4.09. The number of hydrogen-bond donors (Lipinski definition) is 0. The van der Waals surface area contributed by atoms with E-state index in [1.807, 2.05) is 23.9 Å². The number of thioether (sulfide) groups is 1. The molecule has 0 aromatic heterocycles. The molecule has 2 atom stereocenters. The van der Waals surface area contributed by atoms with E-state index in [-0.39, 0.29) is 5.44 Å². The molecule has 0 unspecified atom stereocenters. The fraction of sp³-hybridized carbons (Fsp3) is 0.500. The van der Waals surface area contributed by atoms with Crippen LogP contribution >= 0.6 is 11.8 Å². The molecule has 1 fully saturated rings. The van der Waals surface area contributed by atoms with Crippen molar-refractivity contribution < 1.29 is 4.74 Å². The summed E-state index contributed by atoms with van der Waals surface area (Å²) in [6, 6.07) is 8.11. The number of terminal acetylenes is 1. The molecule has 1 aromatic carbocycles. The molecule has 0 aliphatic carbocycles. The SMILES string of the molecule is C#Cc1ccc([C@H]2OC[C@H](C(C)(C)C)CS2)cc1. The summed E-state index contributed by atoms with van der Waals surface area (Å²) in [5.41, 5.74) is 2.62. The normalized spacial score (nSPS) is 24.6. The van der Waals surface area contributed by atoms with Crippen LogP contribution in [0.4, 0.5) is 0 Å². The Morgan fingerprint density at radius 1 is 1.28 bits per heavy atom. The Labute approximate surface area is 114 Å². The zero-order valence-corrected chi connectivity index (χ0v) is 12.1. The monoisotopic (exact) mass is 260 g/mol. The first-order valence-corrected chi connectivity index (χ1v) is 7.35. The zero-order chi connectivity index (χ0) is 13.2. The molecule has 0 radical (unpaired) electrons. The third-order valence-electron chi connectivity index (χ3n) is 3.47. The van der Waals surface area contributed by atoms with Crippen molar-refractivity contribution in [2.45, 2.75) is 26.2 Å².